The van der Waals surface area contributed by atoms with Gasteiger partial charge in [-0.15, -0.1) is 10.2 Å². The van der Waals surface area contributed by atoms with Gasteiger partial charge in [0.25, 0.3) is 0 Å². The first kappa shape index (κ1) is 14.9. The third-order valence-corrected chi connectivity index (χ3v) is 6.65. The average Bonchev–Trinajstić information content (AvgIpc) is 2.77. The van der Waals surface area contributed by atoms with E-state index in [0.717, 1.165) is 23.0 Å². The lowest BCUT2D eigenvalue weighted by Gasteiger charge is -2.35. The van der Waals surface area contributed by atoms with Gasteiger partial charge in [0, 0.05) is 12.0 Å². The summed E-state index contributed by atoms with van der Waals surface area (Å²) in [6.45, 7) is 2.02. The van der Waals surface area contributed by atoms with Crippen LogP contribution in [0.1, 0.15) is 12.5 Å². The molecule has 3 N–H and O–H groups in total. The lowest BCUT2D eigenvalue weighted by atomic mass is 10.1. The van der Waals surface area contributed by atoms with Crippen molar-refractivity contribution in [3.05, 3.63) is 41.4 Å². The maximum Gasteiger partial charge on any atom is 0.173 e. The predicted octanol–water partition coefficient (Wildman–Crippen LogP) is 2.69. The molecule has 2 rings (SSSR count). The van der Waals surface area contributed by atoms with Crippen LogP contribution in [0, 0.1) is 0 Å². The smallest absolute Gasteiger partial charge is 0.173 e. The first-order valence-corrected chi connectivity index (χ1v) is 8.56. The number of nitrogens with zero attached hydrogens (tertiary/aromatic N) is 1. The Balaban J connectivity index is 2.16. The van der Waals surface area contributed by atoms with Crippen LogP contribution in [0.25, 0.3) is 0 Å². The molecule has 1 unspecified atom stereocenters. The van der Waals surface area contributed by atoms with Gasteiger partial charge in [-0.05, 0) is 42.6 Å². The van der Waals surface area contributed by atoms with Gasteiger partial charge < -0.3 is 15.2 Å². The summed E-state index contributed by atoms with van der Waals surface area (Å²) in [6.07, 6.45) is 2.71. The molecule has 108 valence electrons. The highest BCUT2D eigenvalue weighted by molar-refractivity contribution is 8.46. The minimum atomic E-state index is -1.36. The Hall–Kier alpha value is -1.53. The van der Waals surface area contributed by atoms with E-state index in [1.54, 1.807) is 7.11 Å². The zero-order valence-corrected chi connectivity index (χ0v) is 13.3. The predicted molar refractivity (Wildman–Crippen MR) is 91.3 cm³/mol. The van der Waals surface area contributed by atoms with Crippen LogP contribution in [0.4, 0.5) is 0 Å². The van der Waals surface area contributed by atoms with E-state index in [1.165, 1.54) is 5.56 Å². The number of hydrogen-bond acceptors (Lipinski definition) is 3. The zero-order valence-electron chi connectivity index (χ0n) is 11.6. The van der Waals surface area contributed by atoms with Gasteiger partial charge in [-0.2, -0.15) is 0 Å². The Morgan fingerprint density at radius 1 is 1.45 bits per heavy atom. The Kier molecular flexibility index (Phi) is 4.67. The molecule has 0 radical (unpaired) electrons. The second kappa shape index (κ2) is 6.28. The van der Waals surface area contributed by atoms with Crippen molar-refractivity contribution in [2.75, 3.05) is 12.9 Å². The number of benzene rings is 1. The number of nitrogens with one attached hydrogen (secondary N) is 1. The summed E-state index contributed by atoms with van der Waals surface area (Å²) in [5, 5.41) is 3.47. The number of ether oxygens (including phenoxy) is 1. The molecular weight excluding hydrogens is 290 g/mol. The topological polar surface area (TPSA) is 59.6 Å². The fourth-order valence-electron chi connectivity index (χ4n) is 2.17. The largest absolute Gasteiger partial charge is 0.496 e. The fourth-order valence-corrected chi connectivity index (χ4v) is 4.98. The van der Waals surface area contributed by atoms with Gasteiger partial charge in [-0.1, -0.05) is 18.2 Å². The second-order valence-electron chi connectivity index (χ2n) is 4.46. The highest BCUT2D eigenvalue weighted by Gasteiger charge is 2.28. The Morgan fingerprint density at radius 3 is 2.80 bits per heavy atom. The maximum atomic E-state index is 5.67. The first-order chi connectivity index (χ1) is 9.57. The minimum Gasteiger partial charge on any atom is -0.496 e. The van der Waals surface area contributed by atoms with Crippen LogP contribution in [0.5, 0.6) is 5.75 Å². The average molecular weight is 309 g/mol. The van der Waals surface area contributed by atoms with E-state index in [1.807, 2.05) is 31.3 Å². The third kappa shape index (κ3) is 3.13. The quantitative estimate of drug-likeness (QED) is 0.821. The van der Waals surface area contributed by atoms with E-state index in [4.69, 9.17) is 22.7 Å². The lowest BCUT2D eigenvalue weighted by molar-refractivity contribution is 0.410. The third-order valence-electron chi connectivity index (χ3n) is 3.25. The van der Waals surface area contributed by atoms with E-state index in [9.17, 15) is 0 Å². The number of rotatable bonds is 5. The van der Waals surface area contributed by atoms with Crippen molar-refractivity contribution in [3.63, 3.8) is 0 Å². The summed E-state index contributed by atoms with van der Waals surface area (Å²) >= 11 is 5.01. The first-order valence-electron chi connectivity index (χ1n) is 6.28. The lowest BCUT2D eigenvalue weighted by Crippen LogP contribution is -2.35. The van der Waals surface area contributed by atoms with Crippen molar-refractivity contribution < 1.29 is 4.74 Å². The van der Waals surface area contributed by atoms with Crippen LogP contribution in [0.2, 0.25) is 0 Å². The van der Waals surface area contributed by atoms with Crippen LogP contribution in [-0.4, -0.2) is 23.0 Å². The minimum absolute atomic E-state index is 0.320. The molecule has 1 atom stereocenters. The summed E-state index contributed by atoms with van der Waals surface area (Å²) in [5.74, 6) is 1.81. The Labute approximate surface area is 126 Å². The molecule has 1 aliphatic rings. The Morgan fingerprint density at radius 2 is 2.20 bits per heavy atom. The monoisotopic (exact) mass is 309 g/mol. The number of thiocarbonyl (C=S) groups is 1. The van der Waals surface area contributed by atoms with Gasteiger partial charge in [-0.25, -0.2) is 0 Å². The van der Waals surface area contributed by atoms with E-state index in [0.29, 0.717) is 5.11 Å². The van der Waals surface area contributed by atoms with Gasteiger partial charge in [0.2, 0.25) is 0 Å². The molecule has 1 aliphatic heterocycles. The molecule has 4 nitrogen and oxygen atoms in total. The highest BCUT2D eigenvalue weighted by Crippen LogP contribution is 2.50. The SMILES string of the molecule is COc1ccccc1CCS1(NC(N)=S)C=CN=C1C. The molecule has 0 fully saturated rings. The molecule has 1 heterocycles. The van der Waals surface area contributed by atoms with Gasteiger partial charge in [-0.3, -0.25) is 4.99 Å². The highest BCUT2D eigenvalue weighted by atomic mass is 32.3. The van der Waals surface area contributed by atoms with Crippen molar-refractivity contribution in [1.29, 1.82) is 0 Å². The van der Waals surface area contributed by atoms with Crippen molar-refractivity contribution in [2.45, 2.75) is 13.3 Å². The van der Waals surface area contributed by atoms with Gasteiger partial charge in [0.1, 0.15) is 5.75 Å². The molecule has 0 aromatic heterocycles. The number of aryl methyl sites for hydroxylation is 1. The number of aliphatic imine (C=N–C) groups is 1. The van der Waals surface area contributed by atoms with Gasteiger partial charge in [0.05, 0.1) is 12.2 Å². The van der Waals surface area contributed by atoms with E-state index < -0.39 is 10.2 Å². The van der Waals surface area contributed by atoms with Crippen LogP contribution in [0.3, 0.4) is 0 Å². The van der Waals surface area contributed by atoms with Crippen LogP contribution < -0.4 is 15.2 Å². The molecule has 1 aromatic carbocycles. The number of para-hydroxylation sites is 1. The summed E-state index contributed by atoms with van der Waals surface area (Å²) in [4.78, 5) is 4.36. The zero-order chi connectivity index (χ0) is 14.6. The summed E-state index contributed by atoms with van der Waals surface area (Å²) in [7, 11) is 0.327. The molecule has 0 saturated carbocycles. The molecule has 0 spiro atoms. The van der Waals surface area contributed by atoms with Crippen LogP contribution >= 0.6 is 22.4 Å². The van der Waals surface area contributed by atoms with Crippen LogP contribution in [0.15, 0.2) is 40.9 Å². The molecule has 0 bridgehead atoms. The molecule has 0 saturated heterocycles. The van der Waals surface area contributed by atoms with Crippen molar-refractivity contribution in [2.24, 2.45) is 10.7 Å². The Bertz CT molecular complexity index is 571. The van der Waals surface area contributed by atoms with Crippen LogP contribution in [-0.2, 0) is 6.42 Å². The molecule has 0 amide bonds. The molecule has 1 aromatic rings. The van der Waals surface area contributed by atoms with Crippen molar-refractivity contribution >= 4 is 32.6 Å². The summed E-state index contributed by atoms with van der Waals surface area (Å²) in [5.41, 5.74) is 6.85. The summed E-state index contributed by atoms with van der Waals surface area (Å²) in [6, 6.07) is 8.05. The van der Waals surface area contributed by atoms with Crippen molar-refractivity contribution in [1.82, 2.24) is 4.72 Å². The fraction of sp³-hybridized carbons (Fsp3) is 0.286. The number of nitrogens with two attached hydrogens (primary N) is 1. The number of methoxy groups -OCH3 is 1. The van der Waals surface area contributed by atoms with Gasteiger partial charge in [0.15, 0.2) is 5.11 Å². The molecule has 6 heteroatoms. The summed E-state index contributed by atoms with van der Waals surface area (Å²) < 4.78 is 8.64. The van der Waals surface area contributed by atoms with E-state index in [-0.39, 0.29) is 0 Å². The molecule has 0 aliphatic carbocycles. The molecule has 20 heavy (non-hydrogen) atoms. The number of hydrogen-bond donors (Lipinski definition) is 2. The normalized spacial score (nSPS) is 23.8. The maximum absolute atomic E-state index is 5.67. The van der Waals surface area contributed by atoms with Crippen molar-refractivity contribution in [3.8, 4) is 5.75 Å². The van der Waals surface area contributed by atoms with E-state index >= 15 is 0 Å². The van der Waals surface area contributed by atoms with Gasteiger partial charge >= 0.3 is 0 Å². The second-order valence-corrected chi connectivity index (χ2v) is 7.96. The molecular formula is C14H19N3OS2. The van der Waals surface area contributed by atoms with E-state index in [2.05, 4.69) is 21.2 Å². The standard InChI is InChI=1S/C14H19N3OS2/c1-11-16-8-10-20(11,17-14(15)19)9-7-12-5-3-4-6-13(12)18-2/h3-6,8,10H,7,9H2,1-2H3,(H3,15,17,19).